The highest BCUT2D eigenvalue weighted by Crippen LogP contribution is 2.27. The molecule has 0 aliphatic carbocycles. The minimum absolute atomic E-state index is 0.203. The summed E-state index contributed by atoms with van der Waals surface area (Å²) >= 11 is 0. The summed E-state index contributed by atoms with van der Waals surface area (Å²) in [5.41, 5.74) is -0.182. The number of halogens is 3. The molecule has 8 heteroatoms. The number of hydrogen-bond donors (Lipinski definition) is 1. The highest BCUT2D eigenvalue weighted by Gasteiger charge is 2.33. The van der Waals surface area contributed by atoms with Crippen molar-refractivity contribution in [1.29, 1.82) is 0 Å². The number of rotatable bonds is 5. The second-order valence-corrected chi connectivity index (χ2v) is 5.02. The van der Waals surface area contributed by atoms with Crippen LogP contribution in [0, 0.1) is 0 Å². The third-order valence-electron chi connectivity index (χ3n) is 3.28. The summed E-state index contributed by atoms with van der Waals surface area (Å²) in [4.78, 5) is 13.8. The van der Waals surface area contributed by atoms with Crippen molar-refractivity contribution >= 4 is 5.91 Å². The van der Waals surface area contributed by atoms with Gasteiger partial charge in [-0.3, -0.25) is 4.79 Å². The van der Waals surface area contributed by atoms with Gasteiger partial charge in [0, 0.05) is 31.9 Å². The summed E-state index contributed by atoms with van der Waals surface area (Å²) < 4.78 is 38.9. The van der Waals surface area contributed by atoms with E-state index in [1.165, 1.54) is 12.3 Å². The fourth-order valence-corrected chi connectivity index (χ4v) is 2.00. The number of likely N-dealkylation sites (N-methyl/N-ethyl adjacent to an activating group) is 2. The fraction of sp³-hybridized carbons (Fsp3) is 0.333. The Bertz CT molecular complexity index is 681. The molecule has 0 saturated carbocycles. The third-order valence-corrected chi connectivity index (χ3v) is 3.28. The molecule has 124 valence electrons. The first-order valence-electron chi connectivity index (χ1n) is 6.96. The average molecular weight is 326 g/mol. The number of aromatic nitrogens is 2. The van der Waals surface area contributed by atoms with Crippen LogP contribution in [0.2, 0.25) is 0 Å². The Morgan fingerprint density at radius 1 is 1.35 bits per heavy atom. The van der Waals surface area contributed by atoms with Crippen molar-refractivity contribution in [2.24, 2.45) is 0 Å². The average Bonchev–Trinajstić information content (AvgIpc) is 3.02. The Hall–Kier alpha value is -2.35. The second kappa shape index (κ2) is 6.82. The lowest BCUT2D eigenvalue weighted by molar-refractivity contribution is -0.141. The zero-order valence-corrected chi connectivity index (χ0v) is 12.8. The van der Waals surface area contributed by atoms with Gasteiger partial charge in [-0.25, -0.2) is 4.68 Å². The van der Waals surface area contributed by atoms with E-state index in [1.807, 2.05) is 0 Å². The molecule has 1 amide bonds. The summed E-state index contributed by atoms with van der Waals surface area (Å²) in [6.07, 6.45) is -3.27. The standard InChI is InChI=1S/C15H17F3N4O/c1-19-7-9-21(2)14(23)11-4-3-5-12(10-11)22-8-6-13(20-22)15(16,17)18/h3-6,8,10,19H,7,9H2,1-2H3. The van der Waals surface area contributed by atoms with Crippen molar-refractivity contribution in [3.05, 3.63) is 47.8 Å². The number of nitrogens with zero attached hydrogens (tertiary/aromatic N) is 3. The Kier molecular flexibility index (Phi) is 5.05. The quantitative estimate of drug-likeness (QED) is 0.916. The highest BCUT2D eigenvalue weighted by atomic mass is 19.4. The van der Waals surface area contributed by atoms with E-state index in [4.69, 9.17) is 0 Å². The van der Waals surface area contributed by atoms with E-state index in [2.05, 4.69) is 10.4 Å². The van der Waals surface area contributed by atoms with Crippen molar-refractivity contribution in [3.8, 4) is 5.69 Å². The predicted octanol–water partition coefficient (Wildman–Crippen LogP) is 2.18. The SMILES string of the molecule is CNCCN(C)C(=O)c1cccc(-n2ccc(C(F)(F)F)n2)c1. The van der Waals surface area contributed by atoms with Gasteiger partial charge in [-0.1, -0.05) is 6.07 Å². The van der Waals surface area contributed by atoms with E-state index in [1.54, 1.807) is 37.2 Å². The first-order chi connectivity index (χ1) is 10.8. The fourth-order valence-electron chi connectivity index (χ4n) is 2.00. The molecule has 0 saturated heterocycles. The van der Waals surface area contributed by atoms with Gasteiger partial charge in [0.05, 0.1) is 5.69 Å². The van der Waals surface area contributed by atoms with Crippen molar-refractivity contribution in [3.63, 3.8) is 0 Å². The van der Waals surface area contributed by atoms with Gasteiger partial charge >= 0.3 is 6.18 Å². The molecule has 0 bridgehead atoms. The van der Waals surface area contributed by atoms with Crippen molar-refractivity contribution in [1.82, 2.24) is 20.0 Å². The molecule has 2 aromatic rings. The number of carbonyl (C=O) groups excluding carboxylic acids is 1. The van der Waals surface area contributed by atoms with E-state index in [0.717, 1.165) is 10.7 Å². The maximum atomic E-state index is 12.6. The summed E-state index contributed by atoms with van der Waals surface area (Å²) in [5, 5.41) is 6.45. The number of benzene rings is 1. The van der Waals surface area contributed by atoms with E-state index < -0.39 is 11.9 Å². The van der Waals surface area contributed by atoms with Gasteiger partial charge in [0.1, 0.15) is 0 Å². The first-order valence-corrected chi connectivity index (χ1v) is 6.96. The van der Waals surface area contributed by atoms with Crippen molar-refractivity contribution in [2.45, 2.75) is 6.18 Å². The van der Waals surface area contributed by atoms with E-state index in [9.17, 15) is 18.0 Å². The molecular formula is C15H17F3N4O. The Morgan fingerprint density at radius 2 is 2.09 bits per heavy atom. The van der Waals surface area contributed by atoms with Crippen LogP contribution >= 0.6 is 0 Å². The molecule has 1 N–H and O–H groups in total. The topological polar surface area (TPSA) is 50.2 Å². The first kappa shape index (κ1) is 17.0. The van der Waals surface area contributed by atoms with Crippen molar-refractivity contribution in [2.75, 3.05) is 27.2 Å². The zero-order chi connectivity index (χ0) is 17.0. The minimum atomic E-state index is -4.49. The Morgan fingerprint density at radius 3 is 2.70 bits per heavy atom. The smallest absolute Gasteiger partial charge is 0.340 e. The van der Waals surface area contributed by atoms with E-state index in [-0.39, 0.29) is 5.91 Å². The molecule has 0 radical (unpaired) electrons. The number of nitrogens with one attached hydrogen (secondary N) is 1. The molecule has 0 aliphatic heterocycles. The lowest BCUT2D eigenvalue weighted by Crippen LogP contribution is -2.32. The van der Waals surface area contributed by atoms with Crippen LogP contribution in [0.1, 0.15) is 16.1 Å². The van der Waals surface area contributed by atoms with Gasteiger partial charge in [0.2, 0.25) is 0 Å². The molecule has 1 heterocycles. The molecule has 0 spiro atoms. The van der Waals surface area contributed by atoms with Crippen LogP contribution in [0.3, 0.4) is 0 Å². The largest absolute Gasteiger partial charge is 0.435 e. The maximum absolute atomic E-state index is 12.6. The normalized spacial score (nSPS) is 11.5. The Labute approximate surface area is 131 Å². The summed E-state index contributed by atoms with van der Waals surface area (Å²) in [6, 6.07) is 7.25. The summed E-state index contributed by atoms with van der Waals surface area (Å²) in [7, 11) is 3.46. The molecule has 5 nitrogen and oxygen atoms in total. The monoisotopic (exact) mass is 326 g/mol. The van der Waals surface area contributed by atoms with Gasteiger partial charge in [-0.15, -0.1) is 0 Å². The zero-order valence-electron chi connectivity index (χ0n) is 12.8. The van der Waals surface area contributed by atoms with Crippen LogP contribution in [-0.4, -0.2) is 47.8 Å². The minimum Gasteiger partial charge on any atom is -0.340 e. The molecule has 1 aromatic carbocycles. The van der Waals surface area contributed by atoms with Gasteiger partial charge in [-0.2, -0.15) is 18.3 Å². The molecule has 0 fully saturated rings. The maximum Gasteiger partial charge on any atom is 0.435 e. The summed E-state index contributed by atoms with van der Waals surface area (Å²) in [5.74, 6) is -0.203. The number of hydrogen-bond acceptors (Lipinski definition) is 3. The molecule has 23 heavy (non-hydrogen) atoms. The van der Waals surface area contributed by atoms with Crippen LogP contribution in [0.25, 0.3) is 5.69 Å². The van der Waals surface area contributed by atoms with Gasteiger partial charge < -0.3 is 10.2 Å². The van der Waals surface area contributed by atoms with Crippen LogP contribution in [0.4, 0.5) is 13.2 Å². The molecule has 0 unspecified atom stereocenters. The van der Waals surface area contributed by atoms with Gasteiger partial charge in [0.25, 0.3) is 5.91 Å². The number of carbonyl (C=O) groups is 1. The van der Waals surface area contributed by atoms with Crippen LogP contribution in [0.5, 0.6) is 0 Å². The van der Waals surface area contributed by atoms with E-state index >= 15 is 0 Å². The molecular weight excluding hydrogens is 309 g/mol. The third kappa shape index (κ3) is 4.10. The van der Waals surface area contributed by atoms with Crippen LogP contribution in [0.15, 0.2) is 36.5 Å². The van der Waals surface area contributed by atoms with E-state index in [0.29, 0.717) is 24.3 Å². The lowest BCUT2D eigenvalue weighted by Gasteiger charge is -2.17. The molecule has 0 aliphatic rings. The second-order valence-electron chi connectivity index (χ2n) is 5.02. The molecule has 0 atom stereocenters. The highest BCUT2D eigenvalue weighted by molar-refractivity contribution is 5.94. The van der Waals surface area contributed by atoms with Crippen molar-refractivity contribution < 1.29 is 18.0 Å². The predicted molar refractivity (Wildman–Crippen MR) is 79.5 cm³/mol. The summed E-state index contributed by atoms with van der Waals surface area (Å²) in [6.45, 7) is 1.18. The molecule has 2 rings (SSSR count). The van der Waals surface area contributed by atoms with Crippen LogP contribution < -0.4 is 5.32 Å². The number of amides is 1. The van der Waals surface area contributed by atoms with Crippen LogP contribution in [-0.2, 0) is 6.18 Å². The number of alkyl halides is 3. The lowest BCUT2D eigenvalue weighted by atomic mass is 10.2. The van der Waals surface area contributed by atoms with Gasteiger partial charge in [-0.05, 0) is 31.3 Å². The molecule has 1 aromatic heterocycles. The Balaban J connectivity index is 2.23. The van der Waals surface area contributed by atoms with Gasteiger partial charge in [0.15, 0.2) is 5.69 Å².